The predicted octanol–water partition coefficient (Wildman–Crippen LogP) is 2.84. The molecule has 1 saturated heterocycles. The fourth-order valence-electron chi connectivity index (χ4n) is 0.715. The number of alkyl halides is 2. The number of hydrogen-bond acceptors (Lipinski definition) is 1. The highest BCUT2D eigenvalue weighted by atomic mass is 79.9. The van der Waals surface area contributed by atoms with Gasteiger partial charge in [-0.1, -0.05) is 31.9 Å². The van der Waals surface area contributed by atoms with E-state index in [0.29, 0.717) is 0 Å². The molecule has 0 aromatic rings. The third-order valence-corrected chi connectivity index (χ3v) is 4.75. The quantitative estimate of drug-likeness (QED) is 0.378. The first kappa shape index (κ1) is 7.51. The second kappa shape index (κ2) is 2.56. The average Bonchev–Trinajstić information content (AvgIpc) is 1.86. The Balaban J connectivity index is 2.54. The van der Waals surface area contributed by atoms with Crippen molar-refractivity contribution in [3.8, 4) is 0 Å². The van der Waals surface area contributed by atoms with Crippen LogP contribution in [0.5, 0.6) is 0 Å². The summed E-state index contributed by atoms with van der Waals surface area (Å²) in [4.78, 5) is 0. The first-order chi connectivity index (χ1) is 3.63. The van der Waals surface area contributed by atoms with Gasteiger partial charge in [0, 0.05) is 22.7 Å². The van der Waals surface area contributed by atoms with Crippen LogP contribution in [0.3, 0.4) is 0 Å². The first-order valence-corrected chi connectivity index (χ1v) is 4.74. The van der Waals surface area contributed by atoms with Gasteiger partial charge in [-0.2, -0.15) is 0 Å². The highest BCUT2D eigenvalue weighted by molar-refractivity contribution is 9.25. The molecule has 0 aliphatic carbocycles. The molecule has 4 heteroatoms. The van der Waals surface area contributed by atoms with E-state index >= 15 is 0 Å². The molecular weight excluding hydrogens is 302 g/mol. The van der Waals surface area contributed by atoms with Crippen LogP contribution in [-0.4, -0.2) is 13.8 Å². The SMILES string of the molecule is BrN1CCCC1(Br)Br. The zero-order valence-electron chi connectivity index (χ0n) is 4.20. The Bertz CT molecular complexity index is 93.3. The van der Waals surface area contributed by atoms with Crippen LogP contribution in [-0.2, 0) is 0 Å². The standard InChI is InChI=1S/C4H6Br3N/c5-4(6)2-1-3-8(4)7/h1-3H2. The molecule has 0 spiro atoms. The lowest BCUT2D eigenvalue weighted by molar-refractivity contribution is 0.554. The Morgan fingerprint density at radius 2 is 2.00 bits per heavy atom. The van der Waals surface area contributed by atoms with E-state index in [1.165, 1.54) is 6.42 Å². The van der Waals surface area contributed by atoms with Crippen molar-refractivity contribution in [1.29, 1.82) is 0 Å². The largest absolute Gasteiger partial charge is 0.216 e. The van der Waals surface area contributed by atoms with E-state index in [9.17, 15) is 0 Å². The van der Waals surface area contributed by atoms with E-state index in [0.717, 1.165) is 13.0 Å². The van der Waals surface area contributed by atoms with Gasteiger partial charge in [0.1, 0.15) is 3.36 Å². The van der Waals surface area contributed by atoms with Crippen LogP contribution >= 0.6 is 48.0 Å². The Morgan fingerprint density at radius 3 is 2.12 bits per heavy atom. The lowest BCUT2D eigenvalue weighted by Crippen LogP contribution is -2.21. The molecular formula is C4H6Br3N. The molecule has 0 aromatic carbocycles. The Kier molecular flexibility index (Phi) is 2.40. The Morgan fingerprint density at radius 1 is 1.38 bits per heavy atom. The van der Waals surface area contributed by atoms with Gasteiger partial charge in [-0.05, 0) is 12.8 Å². The lowest BCUT2D eigenvalue weighted by Gasteiger charge is -2.19. The highest BCUT2D eigenvalue weighted by Crippen LogP contribution is 2.42. The minimum Gasteiger partial charge on any atom is -0.216 e. The normalized spacial score (nSPS) is 28.9. The van der Waals surface area contributed by atoms with E-state index in [1.54, 1.807) is 0 Å². The summed E-state index contributed by atoms with van der Waals surface area (Å²) < 4.78 is 2.10. The summed E-state index contributed by atoms with van der Waals surface area (Å²) in [5.74, 6) is 0. The van der Waals surface area contributed by atoms with Crippen molar-refractivity contribution < 1.29 is 0 Å². The average molecular weight is 308 g/mol. The molecule has 1 fully saturated rings. The molecule has 1 aliphatic rings. The van der Waals surface area contributed by atoms with Gasteiger partial charge >= 0.3 is 0 Å². The van der Waals surface area contributed by atoms with Gasteiger partial charge in [-0.15, -0.1) is 0 Å². The number of hydrogen-bond donors (Lipinski definition) is 0. The molecule has 8 heavy (non-hydrogen) atoms. The molecule has 0 N–H and O–H groups in total. The molecule has 1 heterocycles. The maximum absolute atomic E-state index is 3.50. The Hall–Kier alpha value is 1.40. The maximum atomic E-state index is 3.50. The van der Waals surface area contributed by atoms with Gasteiger partial charge in [0.25, 0.3) is 0 Å². The molecule has 1 aliphatic heterocycles. The summed E-state index contributed by atoms with van der Waals surface area (Å²) in [6, 6.07) is 0. The van der Waals surface area contributed by atoms with Gasteiger partial charge in [-0.3, -0.25) is 0 Å². The summed E-state index contributed by atoms with van der Waals surface area (Å²) in [5.41, 5.74) is 0. The van der Waals surface area contributed by atoms with Crippen LogP contribution in [0.1, 0.15) is 12.8 Å². The van der Waals surface area contributed by atoms with Crippen LogP contribution in [0.15, 0.2) is 0 Å². The summed E-state index contributed by atoms with van der Waals surface area (Å²) in [6.45, 7) is 1.11. The third-order valence-electron chi connectivity index (χ3n) is 1.19. The summed E-state index contributed by atoms with van der Waals surface area (Å²) >= 11 is 10.4. The lowest BCUT2D eigenvalue weighted by atomic mass is 10.4. The maximum Gasteiger partial charge on any atom is 0.141 e. The van der Waals surface area contributed by atoms with Crippen LogP contribution in [0.25, 0.3) is 0 Å². The summed E-state index contributed by atoms with van der Waals surface area (Å²) in [7, 11) is 0. The van der Waals surface area contributed by atoms with Gasteiger partial charge in [0.2, 0.25) is 0 Å². The zero-order chi connectivity index (χ0) is 6.20. The van der Waals surface area contributed by atoms with Crippen molar-refractivity contribution in [1.82, 2.24) is 3.93 Å². The second-order valence-electron chi connectivity index (χ2n) is 1.86. The minimum absolute atomic E-state index is 0.0278. The van der Waals surface area contributed by atoms with E-state index in [2.05, 4.69) is 51.9 Å². The predicted molar refractivity (Wildman–Crippen MR) is 45.5 cm³/mol. The molecule has 0 atom stereocenters. The van der Waals surface area contributed by atoms with Crippen molar-refractivity contribution in [3.63, 3.8) is 0 Å². The molecule has 0 unspecified atom stereocenters. The van der Waals surface area contributed by atoms with Crippen LogP contribution in [0.4, 0.5) is 0 Å². The van der Waals surface area contributed by atoms with Crippen molar-refractivity contribution in [3.05, 3.63) is 0 Å². The topological polar surface area (TPSA) is 3.24 Å². The van der Waals surface area contributed by atoms with Crippen molar-refractivity contribution in [2.75, 3.05) is 6.54 Å². The van der Waals surface area contributed by atoms with Crippen LogP contribution in [0.2, 0.25) is 0 Å². The van der Waals surface area contributed by atoms with E-state index < -0.39 is 0 Å². The van der Waals surface area contributed by atoms with E-state index in [4.69, 9.17) is 0 Å². The first-order valence-electron chi connectivity index (χ1n) is 2.44. The molecule has 0 radical (unpaired) electrons. The molecule has 1 rings (SSSR count). The molecule has 0 amide bonds. The summed E-state index contributed by atoms with van der Waals surface area (Å²) in [5, 5.41) is 0. The fourth-order valence-corrected chi connectivity index (χ4v) is 2.06. The third kappa shape index (κ3) is 1.46. The molecule has 48 valence electrons. The summed E-state index contributed by atoms with van der Waals surface area (Å²) in [6.07, 6.45) is 2.39. The number of nitrogens with zero attached hydrogens (tertiary/aromatic N) is 1. The van der Waals surface area contributed by atoms with Gasteiger partial charge < -0.3 is 0 Å². The van der Waals surface area contributed by atoms with Gasteiger partial charge in [-0.25, -0.2) is 3.93 Å². The molecule has 0 saturated carbocycles. The molecule has 0 bridgehead atoms. The van der Waals surface area contributed by atoms with Crippen molar-refractivity contribution >= 4 is 48.0 Å². The van der Waals surface area contributed by atoms with Crippen molar-refractivity contribution in [2.24, 2.45) is 0 Å². The number of rotatable bonds is 0. The smallest absolute Gasteiger partial charge is 0.141 e. The molecule has 1 nitrogen and oxygen atoms in total. The van der Waals surface area contributed by atoms with Gasteiger partial charge in [0.05, 0.1) is 0 Å². The zero-order valence-corrected chi connectivity index (χ0v) is 8.96. The van der Waals surface area contributed by atoms with E-state index in [-0.39, 0.29) is 3.36 Å². The fraction of sp³-hybridized carbons (Fsp3) is 1.00. The van der Waals surface area contributed by atoms with Crippen LogP contribution in [0, 0.1) is 0 Å². The second-order valence-corrected chi connectivity index (χ2v) is 6.40. The minimum atomic E-state index is 0.0278. The number of halogens is 3. The van der Waals surface area contributed by atoms with Gasteiger partial charge in [0.15, 0.2) is 0 Å². The monoisotopic (exact) mass is 305 g/mol. The van der Waals surface area contributed by atoms with Crippen molar-refractivity contribution in [2.45, 2.75) is 16.2 Å². The highest BCUT2D eigenvalue weighted by Gasteiger charge is 2.34. The Labute approximate surface area is 74.4 Å². The van der Waals surface area contributed by atoms with Crippen LogP contribution < -0.4 is 0 Å². The van der Waals surface area contributed by atoms with E-state index in [1.807, 2.05) is 0 Å². The molecule has 0 aromatic heterocycles.